The molecule has 4 heterocycles. The normalized spacial score (nSPS) is 48.9. The predicted octanol–water partition coefficient (Wildman–Crippen LogP) is 3.55. The summed E-state index contributed by atoms with van der Waals surface area (Å²) >= 11 is 0. The van der Waals surface area contributed by atoms with E-state index >= 15 is 0 Å². The number of aliphatic hydroxyl groups excluding tert-OH is 2. The number of fused-ring (bicyclic) bond motifs is 3. The van der Waals surface area contributed by atoms with Crippen LogP contribution in [0.5, 0.6) is 0 Å². The molecule has 4 fully saturated rings. The van der Waals surface area contributed by atoms with Crippen molar-refractivity contribution in [1.82, 2.24) is 0 Å². The van der Waals surface area contributed by atoms with Gasteiger partial charge in [0.2, 0.25) is 0 Å². The molecular weight excluding hydrogens is 440 g/mol. The van der Waals surface area contributed by atoms with Crippen LogP contribution in [0.15, 0.2) is 0 Å². The predicted molar refractivity (Wildman–Crippen MR) is 128 cm³/mol. The van der Waals surface area contributed by atoms with Crippen LogP contribution < -0.4 is 0 Å². The second kappa shape index (κ2) is 8.80. The average molecular weight is 487 g/mol. The zero-order valence-corrected chi connectivity index (χ0v) is 22.8. The maximum Gasteiger partial charge on any atom is 0.192 e. The Bertz CT molecular complexity index is 711. The number of hydrogen-bond acceptors (Lipinski definition) is 7. The summed E-state index contributed by atoms with van der Waals surface area (Å²) in [6.07, 6.45) is 2.61. The van der Waals surface area contributed by atoms with Gasteiger partial charge < -0.3 is 33.6 Å². The van der Waals surface area contributed by atoms with Gasteiger partial charge in [-0.1, -0.05) is 20.8 Å². The third-order valence-electron chi connectivity index (χ3n) is 9.12. The number of aliphatic hydroxyl groups is 2. The van der Waals surface area contributed by atoms with Gasteiger partial charge >= 0.3 is 0 Å². The lowest BCUT2D eigenvalue weighted by molar-refractivity contribution is -0.296. The summed E-state index contributed by atoms with van der Waals surface area (Å²) in [5, 5.41) is 20.7. The standard InChI is InChI=1S/C25H46O7Si/c1-15-17(32-33(7,8)23(2,3)4)11-19-18(28-15)12-20-16(29-19)9-10-22-24(5,30-20)13-21(27)25(6,14-26)31-22/h15-22,26-27H,9-14H2,1-8H3/t15-,16+,17+,18+,19-,20-,21-,22-,24+,25+/m1/s1. The van der Waals surface area contributed by atoms with Crippen molar-refractivity contribution in [1.29, 1.82) is 0 Å². The quantitative estimate of drug-likeness (QED) is 0.590. The first-order valence-electron chi connectivity index (χ1n) is 12.8. The van der Waals surface area contributed by atoms with E-state index in [0.717, 1.165) is 25.7 Å². The van der Waals surface area contributed by atoms with Gasteiger partial charge in [-0.3, -0.25) is 0 Å². The second-order valence-electron chi connectivity index (χ2n) is 12.8. The van der Waals surface area contributed by atoms with Crippen LogP contribution in [-0.4, -0.2) is 85.2 Å². The van der Waals surface area contributed by atoms with Crippen LogP contribution in [0, 0.1) is 0 Å². The van der Waals surface area contributed by atoms with Crippen molar-refractivity contribution in [2.75, 3.05) is 6.61 Å². The largest absolute Gasteiger partial charge is 0.411 e. The molecule has 10 atom stereocenters. The van der Waals surface area contributed by atoms with Crippen molar-refractivity contribution in [2.24, 2.45) is 0 Å². The first-order valence-corrected chi connectivity index (χ1v) is 15.7. The summed E-state index contributed by atoms with van der Waals surface area (Å²) in [5.41, 5.74) is -1.57. The van der Waals surface area contributed by atoms with E-state index in [0.29, 0.717) is 6.42 Å². The zero-order chi connectivity index (χ0) is 24.4. The fourth-order valence-electron chi connectivity index (χ4n) is 5.70. The molecule has 0 aromatic rings. The lowest BCUT2D eigenvalue weighted by Gasteiger charge is -2.52. The number of hydrogen-bond donors (Lipinski definition) is 2. The Morgan fingerprint density at radius 2 is 1.64 bits per heavy atom. The molecular formula is C25H46O7Si. The minimum absolute atomic E-state index is 0.00275. The molecule has 0 amide bonds. The van der Waals surface area contributed by atoms with Gasteiger partial charge in [0, 0.05) is 19.3 Å². The Morgan fingerprint density at radius 1 is 0.970 bits per heavy atom. The van der Waals surface area contributed by atoms with E-state index in [2.05, 4.69) is 40.8 Å². The molecule has 2 N–H and O–H groups in total. The van der Waals surface area contributed by atoms with E-state index in [4.69, 9.17) is 23.4 Å². The van der Waals surface area contributed by atoms with Crippen LogP contribution >= 0.6 is 0 Å². The highest BCUT2D eigenvalue weighted by atomic mass is 28.4. The highest BCUT2D eigenvalue weighted by Gasteiger charge is 2.56. The Balaban J connectivity index is 1.46. The topological polar surface area (TPSA) is 86.6 Å². The summed E-state index contributed by atoms with van der Waals surface area (Å²) < 4.78 is 32.7. The van der Waals surface area contributed by atoms with Gasteiger partial charge in [0.1, 0.15) is 5.60 Å². The van der Waals surface area contributed by atoms with E-state index in [9.17, 15) is 10.2 Å². The van der Waals surface area contributed by atoms with Crippen molar-refractivity contribution in [3.8, 4) is 0 Å². The third-order valence-corrected chi connectivity index (χ3v) is 13.6. The second-order valence-corrected chi connectivity index (χ2v) is 17.6. The fourth-order valence-corrected chi connectivity index (χ4v) is 7.09. The molecule has 192 valence electrons. The SMILES string of the molecule is C[C@H]1O[C@H]2C[C@H]3O[C@@]4(C)C[C@@H](O)[C@](C)(CO)O[C@@H]4CC[C@@H]3O[C@@H]2C[C@@H]1O[Si](C)(C)C(C)(C)C. The van der Waals surface area contributed by atoms with Crippen LogP contribution in [0.3, 0.4) is 0 Å². The van der Waals surface area contributed by atoms with Gasteiger partial charge in [0.05, 0.1) is 61.0 Å². The van der Waals surface area contributed by atoms with Crippen molar-refractivity contribution < 1.29 is 33.6 Å². The van der Waals surface area contributed by atoms with Crippen molar-refractivity contribution >= 4 is 8.32 Å². The molecule has 0 radical (unpaired) electrons. The summed E-state index contributed by atoms with van der Waals surface area (Å²) in [4.78, 5) is 0. The summed E-state index contributed by atoms with van der Waals surface area (Å²) in [6, 6.07) is 0. The Labute approximate surface area is 200 Å². The molecule has 7 nitrogen and oxygen atoms in total. The molecule has 0 unspecified atom stereocenters. The highest BCUT2D eigenvalue weighted by Crippen LogP contribution is 2.47. The molecule has 0 aromatic heterocycles. The van der Waals surface area contributed by atoms with Gasteiger partial charge in [-0.05, 0) is 51.7 Å². The Morgan fingerprint density at radius 3 is 2.27 bits per heavy atom. The van der Waals surface area contributed by atoms with Gasteiger partial charge in [-0.2, -0.15) is 0 Å². The number of ether oxygens (including phenoxy) is 4. The molecule has 0 aromatic carbocycles. The molecule has 0 aliphatic carbocycles. The smallest absolute Gasteiger partial charge is 0.192 e. The fraction of sp³-hybridized carbons (Fsp3) is 1.00. The third kappa shape index (κ3) is 4.84. The minimum Gasteiger partial charge on any atom is -0.411 e. The molecule has 4 aliphatic heterocycles. The minimum atomic E-state index is -1.91. The summed E-state index contributed by atoms with van der Waals surface area (Å²) in [6.45, 7) is 17.1. The van der Waals surface area contributed by atoms with E-state index < -0.39 is 25.6 Å². The monoisotopic (exact) mass is 486 g/mol. The summed E-state index contributed by atoms with van der Waals surface area (Å²) in [7, 11) is -1.91. The number of rotatable bonds is 3. The van der Waals surface area contributed by atoms with Gasteiger partial charge in [-0.25, -0.2) is 0 Å². The Hall–Kier alpha value is -0.0631. The lowest BCUT2D eigenvalue weighted by Crippen LogP contribution is -2.63. The highest BCUT2D eigenvalue weighted by molar-refractivity contribution is 6.74. The van der Waals surface area contributed by atoms with Crippen molar-refractivity contribution in [2.45, 2.75) is 152 Å². The molecule has 4 aliphatic rings. The molecule has 0 spiro atoms. The van der Waals surface area contributed by atoms with E-state index in [1.54, 1.807) is 6.92 Å². The maximum atomic E-state index is 10.7. The van der Waals surface area contributed by atoms with Crippen LogP contribution in [0.25, 0.3) is 0 Å². The Kier molecular flexibility index (Phi) is 6.94. The zero-order valence-electron chi connectivity index (χ0n) is 21.8. The molecule has 8 heteroatoms. The van der Waals surface area contributed by atoms with E-state index in [1.165, 1.54) is 0 Å². The first kappa shape index (κ1) is 26.0. The van der Waals surface area contributed by atoms with E-state index in [-0.39, 0.29) is 54.4 Å². The van der Waals surface area contributed by atoms with E-state index in [1.807, 2.05) is 6.92 Å². The molecule has 0 saturated carbocycles. The first-order chi connectivity index (χ1) is 15.2. The van der Waals surface area contributed by atoms with Crippen LogP contribution in [0.4, 0.5) is 0 Å². The molecule has 0 bridgehead atoms. The van der Waals surface area contributed by atoms with Gasteiger partial charge in [-0.15, -0.1) is 0 Å². The summed E-state index contributed by atoms with van der Waals surface area (Å²) in [5.74, 6) is 0. The molecule has 33 heavy (non-hydrogen) atoms. The molecule has 4 saturated heterocycles. The van der Waals surface area contributed by atoms with Crippen molar-refractivity contribution in [3.05, 3.63) is 0 Å². The lowest BCUT2D eigenvalue weighted by atomic mass is 9.80. The van der Waals surface area contributed by atoms with Crippen LogP contribution in [0.2, 0.25) is 18.1 Å². The average Bonchev–Trinajstić information content (AvgIpc) is 2.82. The van der Waals surface area contributed by atoms with Crippen molar-refractivity contribution in [3.63, 3.8) is 0 Å². The van der Waals surface area contributed by atoms with Crippen LogP contribution in [-0.2, 0) is 23.4 Å². The van der Waals surface area contributed by atoms with Gasteiger partial charge in [0.25, 0.3) is 0 Å². The maximum absolute atomic E-state index is 10.7. The van der Waals surface area contributed by atoms with Gasteiger partial charge in [0.15, 0.2) is 8.32 Å². The molecule has 4 rings (SSSR count). The van der Waals surface area contributed by atoms with Crippen LogP contribution in [0.1, 0.15) is 73.6 Å².